The number of benzene rings is 1. The van der Waals surface area contributed by atoms with Crippen molar-refractivity contribution in [2.75, 3.05) is 0 Å². The number of hydrogen-bond acceptors (Lipinski definition) is 4. The standard InChI is InChI=1S/C11H11F2NO5/c12-9(13)10(17)14-6(11(18)19)3-5-1-2-7(15)8(16)4-5/h1-2,4,6,9,15-16H,3H2,(H,14,17)(H,18,19). The molecule has 0 radical (unpaired) electrons. The lowest BCUT2D eigenvalue weighted by Gasteiger charge is -2.14. The molecule has 0 aliphatic rings. The number of carboxylic acid groups (broad SMARTS) is 1. The number of aromatic hydroxyl groups is 2. The van der Waals surface area contributed by atoms with E-state index in [0.717, 1.165) is 12.1 Å². The highest BCUT2D eigenvalue weighted by Crippen LogP contribution is 2.25. The van der Waals surface area contributed by atoms with Gasteiger partial charge in [-0.1, -0.05) is 6.07 Å². The van der Waals surface area contributed by atoms with E-state index in [0.29, 0.717) is 0 Å². The Bertz CT molecular complexity index is 492. The van der Waals surface area contributed by atoms with Crippen molar-refractivity contribution in [3.8, 4) is 11.5 Å². The Morgan fingerprint density at radius 2 is 1.84 bits per heavy atom. The Morgan fingerprint density at radius 1 is 1.21 bits per heavy atom. The Hall–Kier alpha value is -2.38. The number of carbonyl (C=O) groups is 2. The molecule has 1 rings (SSSR count). The van der Waals surface area contributed by atoms with Crippen LogP contribution in [0.25, 0.3) is 0 Å². The van der Waals surface area contributed by atoms with Gasteiger partial charge in [0.2, 0.25) is 0 Å². The molecule has 0 spiro atoms. The zero-order chi connectivity index (χ0) is 14.6. The van der Waals surface area contributed by atoms with E-state index in [1.807, 2.05) is 0 Å². The van der Waals surface area contributed by atoms with E-state index in [-0.39, 0.29) is 12.0 Å². The van der Waals surface area contributed by atoms with Crippen LogP contribution in [0.1, 0.15) is 5.56 Å². The van der Waals surface area contributed by atoms with E-state index in [2.05, 4.69) is 0 Å². The molecule has 0 bridgehead atoms. The van der Waals surface area contributed by atoms with Crippen molar-refractivity contribution in [1.29, 1.82) is 0 Å². The number of hydrogen-bond donors (Lipinski definition) is 4. The third-order valence-corrected chi connectivity index (χ3v) is 2.29. The highest BCUT2D eigenvalue weighted by Gasteiger charge is 2.25. The van der Waals surface area contributed by atoms with Crippen LogP contribution in [-0.4, -0.2) is 39.7 Å². The van der Waals surface area contributed by atoms with Crippen molar-refractivity contribution in [3.05, 3.63) is 23.8 Å². The quantitative estimate of drug-likeness (QED) is 0.584. The van der Waals surface area contributed by atoms with Crippen LogP contribution in [0, 0.1) is 0 Å². The molecule has 6 nitrogen and oxygen atoms in total. The average molecular weight is 275 g/mol. The summed E-state index contributed by atoms with van der Waals surface area (Å²) in [5, 5.41) is 28.8. The molecule has 0 heterocycles. The highest BCUT2D eigenvalue weighted by atomic mass is 19.3. The molecule has 8 heteroatoms. The first-order valence-corrected chi connectivity index (χ1v) is 5.13. The fourth-order valence-corrected chi connectivity index (χ4v) is 1.37. The van der Waals surface area contributed by atoms with Crippen LogP contribution in [0.3, 0.4) is 0 Å². The lowest BCUT2D eigenvalue weighted by molar-refractivity contribution is -0.144. The normalized spacial score (nSPS) is 12.2. The molecule has 0 fully saturated rings. The largest absolute Gasteiger partial charge is 0.504 e. The lowest BCUT2D eigenvalue weighted by atomic mass is 10.1. The minimum absolute atomic E-state index is 0.261. The SMILES string of the molecule is O=C(NC(Cc1ccc(O)c(O)c1)C(=O)O)C(F)F. The third kappa shape index (κ3) is 4.09. The molecule has 1 atom stereocenters. The number of halogens is 2. The minimum atomic E-state index is -3.31. The smallest absolute Gasteiger partial charge is 0.326 e. The Morgan fingerprint density at radius 3 is 2.32 bits per heavy atom. The van der Waals surface area contributed by atoms with Gasteiger partial charge in [0, 0.05) is 6.42 Å². The van der Waals surface area contributed by atoms with Gasteiger partial charge in [-0.15, -0.1) is 0 Å². The van der Waals surface area contributed by atoms with Crippen LogP contribution in [0.2, 0.25) is 0 Å². The van der Waals surface area contributed by atoms with Crippen LogP contribution in [0.15, 0.2) is 18.2 Å². The Kier molecular flexibility index (Phi) is 4.62. The van der Waals surface area contributed by atoms with Gasteiger partial charge in [-0.3, -0.25) is 4.79 Å². The van der Waals surface area contributed by atoms with Crippen molar-refractivity contribution in [2.45, 2.75) is 18.9 Å². The average Bonchev–Trinajstić information content (AvgIpc) is 2.32. The molecular formula is C11H11F2NO5. The summed E-state index contributed by atoms with van der Waals surface area (Å²) in [4.78, 5) is 21.6. The van der Waals surface area contributed by atoms with E-state index in [4.69, 9.17) is 10.2 Å². The minimum Gasteiger partial charge on any atom is -0.504 e. The lowest BCUT2D eigenvalue weighted by Crippen LogP contribution is -2.44. The summed E-state index contributed by atoms with van der Waals surface area (Å²) in [6.07, 6.45) is -3.61. The third-order valence-electron chi connectivity index (χ3n) is 2.29. The fourth-order valence-electron chi connectivity index (χ4n) is 1.37. The van der Waals surface area contributed by atoms with Gasteiger partial charge < -0.3 is 20.6 Å². The van der Waals surface area contributed by atoms with Crippen LogP contribution < -0.4 is 5.32 Å². The van der Waals surface area contributed by atoms with Crippen LogP contribution in [-0.2, 0) is 16.0 Å². The van der Waals surface area contributed by atoms with E-state index in [1.165, 1.54) is 6.07 Å². The maximum Gasteiger partial charge on any atom is 0.326 e. The van der Waals surface area contributed by atoms with Gasteiger partial charge >= 0.3 is 12.4 Å². The predicted octanol–water partition coefficient (Wildman–Crippen LogP) is 0.475. The number of rotatable bonds is 5. The number of alkyl halides is 2. The molecule has 1 amide bonds. The van der Waals surface area contributed by atoms with Gasteiger partial charge in [0.25, 0.3) is 5.91 Å². The van der Waals surface area contributed by atoms with Gasteiger partial charge in [0.05, 0.1) is 0 Å². The second-order valence-corrected chi connectivity index (χ2v) is 3.73. The van der Waals surface area contributed by atoms with Gasteiger partial charge in [0.15, 0.2) is 11.5 Å². The molecule has 0 saturated heterocycles. The summed E-state index contributed by atoms with van der Waals surface area (Å²) in [7, 11) is 0. The summed E-state index contributed by atoms with van der Waals surface area (Å²) in [6.45, 7) is 0. The van der Waals surface area contributed by atoms with Crippen molar-refractivity contribution >= 4 is 11.9 Å². The Balaban J connectivity index is 2.81. The molecule has 1 unspecified atom stereocenters. The number of aliphatic carboxylic acids is 1. The number of phenols is 2. The number of carbonyl (C=O) groups excluding carboxylic acids is 1. The van der Waals surface area contributed by atoms with Crippen molar-refractivity contribution < 1.29 is 33.7 Å². The van der Waals surface area contributed by atoms with Gasteiger partial charge in [0.1, 0.15) is 6.04 Å². The molecule has 19 heavy (non-hydrogen) atoms. The molecule has 0 aliphatic carbocycles. The fraction of sp³-hybridized carbons (Fsp3) is 0.273. The molecule has 104 valence electrons. The van der Waals surface area contributed by atoms with Crippen LogP contribution >= 0.6 is 0 Å². The highest BCUT2D eigenvalue weighted by molar-refractivity contribution is 5.85. The first-order valence-electron chi connectivity index (χ1n) is 5.13. The predicted molar refractivity (Wildman–Crippen MR) is 59.0 cm³/mol. The van der Waals surface area contributed by atoms with Crippen molar-refractivity contribution in [3.63, 3.8) is 0 Å². The second-order valence-electron chi connectivity index (χ2n) is 3.73. The summed E-state index contributed by atoms with van der Waals surface area (Å²) in [5.41, 5.74) is 0.261. The van der Waals surface area contributed by atoms with E-state index < -0.39 is 35.8 Å². The maximum absolute atomic E-state index is 12.0. The second kappa shape index (κ2) is 5.98. The monoisotopic (exact) mass is 275 g/mol. The molecule has 0 aromatic heterocycles. The topological polar surface area (TPSA) is 107 Å². The molecule has 1 aromatic carbocycles. The van der Waals surface area contributed by atoms with Crippen molar-refractivity contribution in [1.82, 2.24) is 5.32 Å². The molecular weight excluding hydrogens is 264 g/mol. The summed E-state index contributed by atoms with van der Waals surface area (Å²) >= 11 is 0. The van der Waals surface area contributed by atoms with E-state index in [1.54, 1.807) is 5.32 Å². The number of phenolic OH excluding ortho intramolecular Hbond substituents is 2. The van der Waals surface area contributed by atoms with Gasteiger partial charge in [-0.05, 0) is 17.7 Å². The molecule has 0 aliphatic heterocycles. The summed E-state index contributed by atoms with van der Waals surface area (Å²) < 4.78 is 24.1. The Labute approximate surface area is 106 Å². The summed E-state index contributed by atoms with van der Waals surface area (Å²) in [5.74, 6) is -4.04. The molecule has 4 N–H and O–H groups in total. The number of nitrogens with one attached hydrogen (secondary N) is 1. The summed E-state index contributed by atoms with van der Waals surface area (Å²) in [6, 6.07) is 1.96. The number of amides is 1. The first kappa shape index (κ1) is 14.7. The molecule has 0 saturated carbocycles. The van der Waals surface area contributed by atoms with Crippen molar-refractivity contribution in [2.24, 2.45) is 0 Å². The van der Waals surface area contributed by atoms with Crippen LogP contribution in [0.4, 0.5) is 8.78 Å². The zero-order valence-corrected chi connectivity index (χ0v) is 9.51. The molecule has 1 aromatic rings. The van der Waals surface area contributed by atoms with E-state index in [9.17, 15) is 23.5 Å². The maximum atomic E-state index is 12.0. The first-order chi connectivity index (χ1) is 8.81. The van der Waals surface area contributed by atoms with E-state index >= 15 is 0 Å². The zero-order valence-electron chi connectivity index (χ0n) is 9.51. The van der Waals surface area contributed by atoms with Crippen LogP contribution in [0.5, 0.6) is 11.5 Å². The van der Waals surface area contributed by atoms with Gasteiger partial charge in [-0.25, -0.2) is 4.79 Å². The number of carboxylic acids is 1. The van der Waals surface area contributed by atoms with Gasteiger partial charge in [-0.2, -0.15) is 8.78 Å².